The van der Waals surface area contributed by atoms with Gasteiger partial charge in [-0.1, -0.05) is 97.6 Å². The molecule has 9 heteroatoms. The lowest BCUT2D eigenvalue weighted by molar-refractivity contribution is -0.140. The minimum absolute atomic E-state index is 0.00228. The zero-order valence-corrected chi connectivity index (χ0v) is 27.8. The number of nitrogens with one attached hydrogen (secondary N) is 1. The molecule has 1 fully saturated rings. The predicted octanol–water partition coefficient (Wildman–Crippen LogP) is 6.73. The van der Waals surface area contributed by atoms with Gasteiger partial charge in [0, 0.05) is 19.0 Å². The molecule has 5 rings (SSSR count). The van der Waals surface area contributed by atoms with Gasteiger partial charge in [0.25, 0.3) is 10.0 Å². The fourth-order valence-corrected chi connectivity index (χ4v) is 7.70. The highest BCUT2D eigenvalue weighted by molar-refractivity contribution is 7.92. The summed E-state index contributed by atoms with van der Waals surface area (Å²) in [7, 11) is -4.19. The number of benzene rings is 4. The SMILES string of the molecule is Cc1ccc(N(CC(=O)N(Cc2ccc(F)cc2)[C@H](Cc2ccccc2)C(=O)NC2CCCCC2)S(=O)(=O)c2ccccc2)c(C)c1. The molecular formula is C38H42FN3O4S. The highest BCUT2D eigenvalue weighted by Crippen LogP contribution is 2.29. The van der Waals surface area contributed by atoms with Crippen molar-refractivity contribution in [2.24, 2.45) is 0 Å². The van der Waals surface area contributed by atoms with Crippen molar-refractivity contribution in [3.05, 3.63) is 131 Å². The van der Waals surface area contributed by atoms with Crippen molar-refractivity contribution in [3.63, 3.8) is 0 Å². The molecule has 1 N–H and O–H groups in total. The van der Waals surface area contributed by atoms with E-state index in [0.29, 0.717) is 16.8 Å². The molecule has 0 bridgehead atoms. The maximum absolute atomic E-state index is 14.6. The summed E-state index contributed by atoms with van der Waals surface area (Å²) in [6.07, 6.45) is 5.13. The van der Waals surface area contributed by atoms with E-state index in [0.717, 1.165) is 47.5 Å². The van der Waals surface area contributed by atoms with Crippen molar-refractivity contribution in [1.82, 2.24) is 10.2 Å². The van der Waals surface area contributed by atoms with Gasteiger partial charge in [0.2, 0.25) is 11.8 Å². The second-order valence-corrected chi connectivity index (χ2v) is 14.2. The van der Waals surface area contributed by atoms with Gasteiger partial charge in [0.05, 0.1) is 10.6 Å². The predicted molar refractivity (Wildman–Crippen MR) is 183 cm³/mol. The molecule has 1 atom stereocenters. The monoisotopic (exact) mass is 655 g/mol. The smallest absolute Gasteiger partial charge is 0.264 e. The molecular weight excluding hydrogens is 614 g/mol. The van der Waals surface area contributed by atoms with Crippen LogP contribution >= 0.6 is 0 Å². The molecule has 4 aromatic carbocycles. The zero-order valence-electron chi connectivity index (χ0n) is 26.9. The number of halogens is 1. The van der Waals surface area contributed by atoms with Crippen molar-refractivity contribution in [1.29, 1.82) is 0 Å². The van der Waals surface area contributed by atoms with Gasteiger partial charge in [-0.05, 0) is 73.7 Å². The molecule has 4 aromatic rings. The van der Waals surface area contributed by atoms with Crippen molar-refractivity contribution in [2.75, 3.05) is 10.8 Å². The van der Waals surface area contributed by atoms with E-state index in [-0.39, 0.29) is 29.8 Å². The number of sulfonamides is 1. The molecule has 1 aliphatic rings. The van der Waals surface area contributed by atoms with Gasteiger partial charge in [0.15, 0.2) is 0 Å². The Morgan fingerprint density at radius 1 is 0.830 bits per heavy atom. The van der Waals surface area contributed by atoms with Crippen LogP contribution in [0, 0.1) is 19.7 Å². The molecule has 0 saturated heterocycles. The lowest BCUT2D eigenvalue weighted by atomic mass is 9.94. The van der Waals surface area contributed by atoms with Crippen molar-refractivity contribution >= 4 is 27.5 Å². The number of carbonyl (C=O) groups is 2. The Morgan fingerprint density at radius 3 is 2.11 bits per heavy atom. The summed E-state index contributed by atoms with van der Waals surface area (Å²) >= 11 is 0. The van der Waals surface area contributed by atoms with E-state index < -0.39 is 34.3 Å². The van der Waals surface area contributed by atoms with Crippen LogP contribution in [0.2, 0.25) is 0 Å². The van der Waals surface area contributed by atoms with Crippen LogP contribution in [0.15, 0.2) is 108 Å². The summed E-state index contributed by atoms with van der Waals surface area (Å²) in [5.41, 5.74) is 3.50. The standard InChI is InChI=1S/C38H42FN3O4S/c1-28-18-23-35(29(2)24-28)42(47(45,46)34-16-10-5-11-17-34)27-37(43)41(26-31-19-21-32(39)22-20-31)36(25-30-12-6-3-7-13-30)38(44)40-33-14-8-4-9-15-33/h3,5-7,10-13,16-24,33,36H,4,8-9,14-15,25-27H2,1-2H3,(H,40,44)/t36-/m1/s1. The van der Waals surface area contributed by atoms with Crippen LogP contribution in [0.4, 0.5) is 10.1 Å². The van der Waals surface area contributed by atoms with E-state index in [9.17, 15) is 22.4 Å². The molecule has 2 amide bonds. The fraction of sp³-hybridized carbons (Fsp3) is 0.316. The van der Waals surface area contributed by atoms with E-state index in [4.69, 9.17) is 0 Å². The third kappa shape index (κ3) is 8.65. The van der Waals surface area contributed by atoms with Crippen molar-refractivity contribution < 1.29 is 22.4 Å². The Hall–Kier alpha value is -4.50. The van der Waals surface area contributed by atoms with Gasteiger partial charge in [-0.25, -0.2) is 12.8 Å². The molecule has 0 aliphatic heterocycles. The Morgan fingerprint density at radius 2 is 1.47 bits per heavy atom. The van der Waals surface area contributed by atoms with Gasteiger partial charge in [-0.2, -0.15) is 0 Å². The van der Waals surface area contributed by atoms with Crippen molar-refractivity contribution in [3.8, 4) is 0 Å². The third-order valence-corrected chi connectivity index (χ3v) is 10.5. The molecule has 0 unspecified atom stereocenters. The summed E-state index contributed by atoms with van der Waals surface area (Å²) in [6, 6.07) is 27.7. The lowest BCUT2D eigenvalue weighted by Crippen LogP contribution is -2.55. The number of hydrogen-bond acceptors (Lipinski definition) is 4. The molecule has 0 heterocycles. The van der Waals surface area contributed by atoms with Gasteiger partial charge in [0.1, 0.15) is 18.4 Å². The molecule has 1 saturated carbocycles. The van der Waals surface area contributed by atoms with E-state index in [1.165, 1.54) is 29.2 Å². The highest BCUT2D eigenvalue weighted by atomic mass is 32.2. The zero-order chi connectivity index (χ0) is 33.4. The number of hydrogen-bond donors (Lipinski definition) is 1. The summed E-state index contributed by atoms with van der Waals surface area (Å²) < 4.78 is 43.5. The summed E-state index contributed by atoms with van der Waals surface area (Å²) in [6.45, 7) is 3.18. The number of anilines is 1. The van der Waals surface area contributed by atoms with Crippen LogP contribution in [0.3, 0.4) is 0 Å². The van der Waals surface area contributed by atoms with Crippen LogP contribution in [-0.2, 0) is 32.6 Å². The molecule has 0 spiro atoms. The molecule has 47 heavy (non-hydrogen) atoms. The van der Waals surface area contributed by atoms with Crippen molar-refractivity contribution in [2.45, 2.75) is 75.9 Å². The normalized spacial score (nSPS) is 14.3. The molecule has 0 radical (unpaired) electrons. The van der Waals surface area contributed by atoms with Crippen LogP contribution in [0.25, 0.3) is 0 Å². The number of nitrogens with zero attached hydrogens (tertiary/aromatic N) is 2. The van der Waals surface area contributed by atoms with Crippen LogP contribution in [0.5, 0.6) is 0 Å². The largest absolute Gasteiger partial charge is 0.352 e. The van der Waals surface area contributed by atoms with E-state index in [1.807, 2.05) is 56.3 Å². The number of amides is 2. The topological polar surface area (TPSA) is 86.8 Å². The third-order valence-electron chi connectivity index (χ3n) is 8.72. The van der Waals surface area contributed by atoms with Gasteiger partial charge >= 0.3 is 0 Å². The Labute approximate surface area is 277 Å². The first kappa shape index (κ1) is 33.9. The molecule has 0 aromatic heterocycles. The number of carbonyl (C=O) groups excluding carboxylic acids is 2. The molecule has 246 valence electrons. The lowest BCUT2D eigenvalue weighted by Gasteiger charge is -2.35. The van der Waals surface area contributed by atoms with Crippen LogP contribution in [-0.4, -0.2) is 43.8 Å². The minimum Gasteiger partial charge on any atom is -0.352 e. The van der Waals surface area contributed by atoms with E-state index >= 15 is 0 Å². The number of aryl methyl sites for hydroxylation is 2. The van der Waals surface area contributed by atoms with Gasteiger partial charge in [-0.15, -0.1) is 0 Å². The van der Waals surface area contributed by atoms with Crippen LogP contribution < -0.4 is 9.62 Å². The van der Waals surface area contributed by atoms with Crippen LogP contribution in [0.1, 0.15) is 54.4 Å². The van der Waals surface area contributed by atoms with Gasteiger partial charge < -0.3 is 10.2 Å². The average molecular weight is 656 g/mol. The summed E-state index contributed by atoms with van der Waals surface area (Å²) in [4.78, 5) is 30.3. The summed E-state index contributed by atoms with van der Waals surface area (Å²) in [5, 5.41) is 3.20. The molecule has 7 nitrogen and oxygen atoms in total. The number of rotatable bonds is 12. The maximum atomic E-state index is 14.6. The Kier molecular flexibility index (Phi) is 11.1. The second kappa shape index (κ2) is 15.4. The highest BCUT2D eigenvalue weighted by Gasteiger charge is 2.35. The minimum atomic E-state index is -4.19. The first-order chi connectivity index (χ1) is 22.6. The first-order valence-electron chi connectivity index (χ1n) is 16.1. The van der Waals surface area contributed by atoms with E-state index in [1.54, 1.807) is 36.4 Å². The second-order valence-electron chi connectivity index (χ2n) is 12.3. The van der Waals surface area contributed by atoms with E-state index in [2.05, 4.69) is 5.32 Å². The summed E-state index contributed by atoms with van der Waals surface area (Å²) in [5.74, 6) is -1.26. The molecule has 1 aliphatic carbocycles. The van der Waals surface area contributed by atoms with Gasteiger partial charge in [-0.3, -0.25) is 13.9 Å². The average Bonchev–Trinajstić information content (AvgIpc) is 3.07. The quantitative estimate of drug-likeness (QED) is 0.184. The Balaban J connectivity index is 1.57. The first-order valence-corrected chi connectivity index (χ1v) is 17.6. The fourth-order valence-electron chi connectivity index (χ4n) is 6.20. The Bertz CT molecular complexity index is 1760. The maximum Gasteiger partial charge on any atom is 0.264 e.